The molecule has 21 heavy (non-hydrogen) atoms. The smallest absolute Gasteiger partial charge is 0.214 e. The lowest BCUT2D eigenvalue weighted by atomic mass is 10.1. The molecule has 0 N–H and O–H groups in total. The third-order valence-corrected chi connectivity index (χ3v) is 3.51. The number of rotatable bonds is 3. The number of halogens is 2. The first-order valence-electron chi connectivity index (χ1n) is 6.12. The van der Waals surface area contributed by atoms with Crippen LogP contribution in [0, 0.1) is 0 Å². The largest absolute Gasteiger partial charge is 0.287 e. The van der Waals surface area contributed by atoms with Crippen molar-refractivity contribution >= 4 is 29.0 Å². The Bertz CT molecular complexity index is 800. The highest BCUT2D eigenvalue weighted by atomic mass is 35.5. The fourth-order valence-corrected chi connectivity index (χ4v) is 2.46. The normalized spacial score (nSPS) is 10.6. The summed E-state index contributed by atoms with van der Waals surface area (Å²) in [4.78, 5) is 12.6. The van der Waals surface area contributed by atoms with Crippen molar-refractivity contribution in [2.75, 3.05) is 0 Å². The first-order chi connectivity index (χ1) is 10.2. The van der Waals surface area contributed by atoms with E-state index in [9.17, 15) is 4.79 Å². The van der Waals surface area contributed by atoms with Crippen LogP contribution in [0.2, 0.25) is 10.0 Å². The Morgan fingerprint density at radius 2 is 1.81 bits per heavy atom. The van der Waals surface area contributed by atoms with Gasteiger partial charge in [-0.15, -0.1) is 5.10 Å². The summed E-state index contributed by atoms with van der Waals surface area (Å²) in [5, 5.41) is 8.55. The topological polar surface area (TPSA) is 47.8 Å². The van der Waals surface area contributed by atoms with Crippen LogP contribution in [0.25, 0.3) is 5.69 Å². The minimum absolute atomic E-state index is 0.259. The van der Waals surface area contributed by atoms with Gasteiger partial charge in [-0.25, -0.2) is 4.68 Å². The zero-order chi connectivity index (χ0) is 14.8. The van der Waals surface area contributed by atoms with Gasteiger partial charge in [0.2, 0.25) is 5.78 Å². The van der Waals surface area contributed by atoms with Gasteiger partial charge in [-0.05, 0) is 30.3 Å². The Morgan fingerprint density at radius 3 is 2.52 bits per heavy atom. The van der Waals surface area contributed by atoms with E-state index < -0.39 is 0 Å². The molecule has 0 aliphatic rings. The Morgan fingerprint density at radius 1 is 1.05 bits per heavy atom. The Labute approximate surface area is 130 Å². The van der Waals surface area contributed by atoms with Crippen LogP contribution >= 0.6 is 23.2 Å². The summed E-state index contributed by atoms with van der Waals surface area (Å²) in [6.45, 7) is 0. The lowest BCUT2D eigenvalue weighted by Crippen LogP contribution is -2.10. The summed E-state index contributed by atoms with van der Waals surface area (Å²) in [5.74, 6) is -0.259. The maximum atomic E-state index is 12.6. The fraction of sp³-hybridized carbons (Fsp3) is 0. The fourth-order valence-electron chi connectivity index (χ4n) is 1.96. The van der Waals surface area contributed by atoms with Gasteiger partial charge in [-0.3, -0.25) is 4.79 Å². The lowest BCUT2D eigenvalue weighted by Gasteiger charge is -2.06. The summed E-state index contributed by atoms with van der Waals surface area (Å²) >= 11 is 11.9. The summed E-state index contributed by atoms with van der Waals surface area (Å²) in [6.07, 6.45) is 1.42. The van der Waals surface area contributed by atoms with Crippen LogP contribution in [0.5, 0.6) is 0 Å². The van der Waals surface area contributed by atoms with Crippen molar-refractivity contribution < 1.29 is 4.79 Å². The molecule has 104 valence electrons. The predicted molar refractivity (Wildman–Crippen MR) is 81.3 cm³/mol. The standard InChI is InChI=1S/C15H9Cl2N3O/c16-10-6-7-12(13(17)8-10)15(21)14-9-18-19-20(14)11-4-2-1-3-5-11/h1-9H. The van der Waals surface area contributed by atoms with E-state index in [0.29, 0.717) is 21.3 Å². The number of benzene rings is 2. The molecule has 0 spiro atoms. The molecule has 0 fully saturated rings. The zero-order valence-electron chi connectivity index (χ0n) is 10.7. The first-order valence-corrected chi connectivity index (χ1v) is 6.88. The van der Waals surface area contributed by atoms with Crippen LogP contribution in [0.4, 0.5) is 0 Å². The van der Waals surface area contributed by atoms with E-state index in [1.54, 1.807) is 12.1 Å². The van der Waals surface area contributed by atoms with E-state index >= 15 is 0 Å². The minimum atomic E-state index is -0.259. The third-order valence-electron chi connectivity index (χ3n) is 2.96. The summed E-state index contributed by atoms with van der Waals surface area (Å²) in [6, 6.07) is 14.0. The van der Waals surface area contributed by atoms with Crippen molar-refractivity contribution in [2.45, 2.75) is 0 Å². The molecular formula is C15H9Cl2N3O. The number of para-hydroxylation sites is 1. The van der Waals surface area contributed by atoms with Crippen molar-refractivity contribution in [3.8, 4) is 5.69 Å². The molecule has 0 atom stereocenters. The van der Waals surface area contributed by atoms with Crippen LogP contribution in [0.15, 0.2) is 54.7 Å². The highest BCUT2D eigenvalue weighted by Crippen LogP contribution is 2.24. The molecule has 0 saturated carbocycles. The van der Waals surface area contributed by atoms with E-state index in [4.69, 9.17) is 23.2 Å². The summed E-state index contributed by atoms with van der Waals surface area (Å²) < 4.78 is 1.48. The summed E-state index contributed by atoms with van der Waals surface area (Å²) in [5.41, 5.74) is 1.45. The van der Waals surface area contributed by atoms with Crippen molar-refractivity contribution in [1.29, 1.82) is 0 Å². The second kappa shape index (κ2) is 5.68. The minimum Gasteiger partial charge on any atom is -0.287 e. The van der Waals surface area contributed by atoms with Gasteiger partial charge in [0.25, 0.3) is 0 Å². The highest BCUT2D eigenvalue weighted by molar-refractivity contribution is 6.37. The highest BCUT2D eigenvalue weighted by Gasteiger charge is 2.19. The maximum absolute atomic E-state index is 12.6. The van der Waals surface area contributed by atoms with Gasteiger partial charge in [-0.2, -0.15) is 0 Å². The molecule has 0 aliphatic carbocycles. The number of carbonyl (C=O) groups excluding carboxylic acids is 1. The van der Waals surface area contributed by atoms with Gasteiger partial charge in [0.15, 0.2) is 0 Å². The molecule has 0 amide bonds. The number of ketones is 1. The molecule has 3 rings (SSSR count). The zero-order valence-corrected chi connectivity index (χ0v) is 12.2. The predicted octanol–water partition coefficient (Wildman–Crippen LogP) is 3.81. The molecule has 4 nitrogen and oxygen atoms in total. The molecule has 1 aromatic heterocycles. The average molecular weight is 318 g/mol. The van der Waals surface area contributed by atoms with Crippen molar-refractivity contribution in [3.05, 3.63) is 76.0 Å². The van der Waals surface area contributed by atoms with E-state index in [0.717, 1.165) is 5.69 Å². The van der Waals surface area contributed by atoms with Crippen molar-refractivity contribution in [2.24, 2.45) is 0 Å². The monoisotopic (exact) mass is 317 g/mol. The van der Waals surface area contributed by atoms with Gasteiger partial charge in [0.1, 0.15) is 5.69 Å². The molecule has 2 aromatic carbocycles. The summed E-state index contributed by atoms with van der Waals surface area (Å²) in [7, 11) is 0. The molecule has 0 aliphatic heterocycles. The lowest BCUT2D eigenvalue weighted by molar-refractivity contribution is 0.103. The molecular weight excluding hydrogens is 309 g/mol. The second-order valence-corrected chi connectivity index (χ2v) is 5.16. The molecule has 3 aromatic rings. The number of aromatic nitrogens is 3. The van der Waals surface area contributed by atoms with Gasteiger partial charge >= 0.3 is 0 Å². The SMILES string of the molecule is O=C(c1ccc(Cl)cc1Cl)c1cnnn1-c1ccccc1. The molecule has 1 heterocycles. The van der Waals surface area contributed by atoms with Crippen molar-refractivity contribution in [3.63, 3.8) is 0 Å². The van der Waals surface area contributed by atoms with Crippen LogP contribution in [-0.2, 0) is 0 Å². The Balaban J connectivity index is 2.06. The van der Waals surface area contributed by atoms with Crippen LogP contribution in [0.3, 0.4) is 0 Å². The number of hydrogen-bond acceptors (Lipinski definition) is 3. The molecule has 0 saturated heterocycles. The third kappa shape index (κ3) is 2.68. The van der Waals surface area contributed by atoms with E-state index in [2.05, 4.69) is 10.3 Å². The number of hydrogen-bond donors (Lipinski definition) is 0. The van der Waals surface area contributed by atoms with Crippen LogP contribution < -0.4 is 0 Å². The Hall–Kier alpha value is -2.17. The Kier molecular flexibility index (Phi) is 3.73. The quantitative estimate of drug-likeness (QED) is 0.690. The number of carbonyl (C=O) groups is 1. The molecule has 0 unspecified atom stereocenters. The molecule has 6 heteroatoms. The first kappa shape index (κ1) is 13.8. The van der Waals surface area contributed by atoms with Crippen LogP contribution in [0.1, 0.15) is 16.1 Å². The second-order valence-electron chi connectivity index (χ2n) is 4.32. The van der Waals surface area contributed by atoms with Gasteiger partial charge in [-0.1, -0.05) is 46.6 Å². The maximum Gasteiger partial charge on any atom is 0.214 e. The molecule has 0 bridgehead atoms. The van der Waals surface area contributed by atoms with Crippen molar-refractivity contribution in [1.82, 2.24) is 15.0 Å². The van der Waals surface area contributed by atoms with E-state index in [1.165, 1.54) is 16.9 Å². The van der Waals surface area contributed by atoms with E-state index in [-0.39, 0.29) is 5.78 Å². The van der Waals surface area contributed by atoms with Gasteiger partial charge < -0.3 is 0 Å². The molecule has 0 radical (unpaired) electrons. The van der Waals surface area contributed by atoms with Gasteiger partial charge in [0.05, 0.1) is 16.9 Å². The van der Waals surface area contributed by atoms with Gasteiger partial charge in [0, 0.05) is 10.6 Å². The number of nitrogens with zero attached hydrogens (tertiary/aromatic N) is 3. The van der Waals surface area contributed by atoms with Crippen LogP contribution in [-0.4, -0.2) is 20.8 Å². The average Bonchev–Trinajstić information content (AvgIpc) is 2.97. The van der Waals surface area contributed by atoms with E-state index in [1.807, 2.05) is 30.3 Å².